The second kappa shape index (κ2) is 7.25. The normalized spacial score (nSPS) is 12.9. The Bertz CT molecular complexity index is 277. The Morgan fingerprint density at radius 3 is 1.89 bits per heavy atom. The average Bonchev–Trinajstić information content (AvgIpc) is 2.25. The SMILES string of the molecule is COCCN(CCN(C)C(C)(C)C)C(=O)C(C)(C)C. The smallest absolute Gasteiger partial charge is 0.228 e. The molecule has 4 nitrogen and oxygen atoms in total. The van der Waals surface area contributed by atoms with Crippen molar-refractivity contribution >= 4 is 5.91 Å². The van der Waals surface area contributed by atoms with E-state index in [0.717, 1.165) is 13.1 Å². The van der Waals surface area contributed by atoms with Gasteiger partial charge in [-0.2, -0.15) is 0 Å². The first kappa shape index (κ1) is 18.4. The van der Waals surface area contributed by atoms with Crippen LogP contribution in [-0.2, 0) is 9.53 Å². The van der Waals surface area contributed by atoms with Crippen LogP contribution in [0.25, 0.3) is 0 Å². The molecule has 0 aliphatic rings. The standard InChI is InChI=1S/C15H32N2O2/c1-14(2,3)13(18)17(11-12-19-8)10-9-16(7)15(4,5)6/h9-12H2,1-8H3. The maximum Gasteiger partial charge on any atom is 0.228 e. The van der Waals surface area contributed by atoms with Crippen molar-refractivity contribution < 1.29 is 9.53 Å². The largest absolute Gasteiger partial charge is 0.383 e. The second-order valence-corrected chi connectivity index (χ2v) is 7.13. The first-order valence-corrected chi connectivity index (χ1v) is 6.99. The van der Waals surface area contributed by atoms with Crippen molar-refractivity contribution in [2.75, 3.05) is 40.4 Å². The fourth-order valence-corrected chi connectivity index (χ4v) is 1.60. The van der Waals surface area contributed by atoms with Crippen LogP contribution < -0.4 is 0 Å². The molecule has 0 bridgehead atoms. The van der Waals surface area contributed by atoms with E-state index in [-0.39, 0.29) is 16.9 Å². The molecule has 19 heavy (non-hydrogen) atoms. The van der Waals surface area contributed by atoms with Crippen LogP contribution in [0.3, 0.4) is 0 Å². The van der Waals surface area contributed by atoms with Crippen LogP contribution >= 0.6 is 0 Å². The summed E-state index contributed by atoms with van der Waals surface area (Å²) >= 11 is 0. The van der Waals surface area contributed by atoms with E-state index in [4.69, 9.17) is 4.74 Å². The van der Waals surface area contributed by atoms with Gasteiger partial charge in [0.05, 0.1) is 6.61 Å². The molecule has 0 aromatic heterocycles. The van der Waals surface area contributed by atoms with Gasteiger partial charge in [0, 0.05) is 37.7 Å². The van der Waals surface area contributed by atoms with Crippen LogP contribution in [0.4, 0.5) is 0 Å². The molecule has 0 rings (SSSR count). The van der Waals surface area contributed by atoms with Crippen molar-refractivity contribution in [2.24, 2.45) is 5.41 Å². The summed E-state index contributed by atoms with van der Waals surface area (Å²) in [6, 6.07) is 0. The average molecular weight is 272 g/mol. The van der Waals surface area contributed by atoms with Crippen LogP contribution in [0, 0.1) is 5.41 Å². The maximum absolute atomic E-state index is 12.4. The van der Waals surface area contributed by atoms with Crippen LogP contribution in [-0.4, -0.2) is 61.6 Å². The highest BCUT2D eigenvalue weighted by Crippen LogP contribution is 2.18. The maximum atomic E-state index is 12.4. The van der Waals surface area contributed by atoms with Crippen molar-refractivity contribution in [1.29, 1.82) is 0 Å². The van der Waals surface area contributed by atoms with Gasteiger partial charge in [0.25, 0.3) is 0 Å². The van der Waals surface area contributed by atoms with E-state index < -0.39 is 0 Å². The van der Waals surface area contributed by atoms with E-state index in [2.05, 4.69) is 32.7 Å². The number of hydrogen-bond donors (Lipinski definition) is 0. The number of carbonyl (C=O) groups is 1. The molecule has 0 spiro atoms. The number of methoxy groups -OCH3 is 1. The number of amides is 1. The lowest BCUT2D eigenvalue weighted by Gasteiger charge is -2.35. The lowest BCUT2D eigenvalue weighted by Crippen LogP contribution is -2.47. The van der Waals surface area contributed by atoms with E-state index in [1.807, 2.05) is 25.7 Å². The third kappa shape index (κ3) is 6.92. The van der Waals surface area contributed by atoms with Gasteiger partial charge in [-0.25, -0.2) is 0 Å². The summed E-state index contributed by atoms with van der Waals surface area (Å²) in [5.74, 6) is 0.187. The molecule has 0 saturated carbocycles. The molecule has 0 saturated heterocycles. The van der Waals surface area contributed by atoms with Crippen LogP contribution in [0.1, 0.15) is 41.5 Å². The predicted molar refractivity (Wildman–Crippen MR) is 80.3 cm³/mol. The van der Waals surface area contributed by atoms with E-state index >= 15 is 0 Å². The minimum Gasteiger partial charge on any atom is -0.383 e. The lowest BCUT2D eigenvalue weighted by molar-refractivity contribution is -0.140. The topological polar surface area (TPSA) is 32.8 Å². The van der Waals surface area contributed by atoms with Crippen LogP contribution in [0.15, 0.2) is 0 Å². The van der Waals surface area contributed by atoms with E-state index in [1.165, 1.54) is 0 Å². The van der Waals surface area contributed by atoms with Gasteiger partial charge in [0.2, 0.25) is 5.91 Å². The van der Waals surface area contributed by atoms with Crippen molar-refractivity contribution in [3.05, 3.63) is 0 Å². The first-order valence-electron chi connectivity index (χ1n) is 6.99. The van der Waals surface area contributed by atoms with Crippen molar-refractivity contribution in [3.63, 3.8) is 0 Å². The molecule has 0 unspecified atom stereocenters. The monoisotopic (exact) mass is 272 g/mol. The molecular weight excluding hydrogens is 240 g/mol. The van der Waals surface area contributed by atoms with E-state index in [9.17, 15) is 4.79 Å². The number of hydrogen-bond acceptors (Lipinski definition) is 3. The number of ether oxygens (including phenoxy) is 1. The Kier molecular flexibility index (Phi) is 7.01. The summed E-state index contributed by atoms with van der Waals surface area (Å²) in [7, 11) is 3.76. The Hall–Kier alpha value is -0.610. The highest BCUT2D eigenvalue weighted by Gasteiger charge is 2.27. The molecule has 0 aliphatic heterocycles. The van der Waals surface area contributed by atoms with Gasteiger partial charge in [-0.05, 0) is 27.8 Å². The first-order chi connectivity index (χ1) is 8.50. The molecule has 0 heterocycles. The van der Waals surface area contributed by atoms with Gasteiger partial charge in [0.15, 0.2) is 0 Å². The van der Waals surface area contributed by atoms with Crippen molar-refractivity contribution in [1.82, 2.24) is 9.80 Å². The summed E-state index contributed by atoms with van der Waals surface area (Å²) in [6.45, 7) is 15.3. The second-order valence-electron chi connectivity index (χ2n) is 7.13. The highest BCUT2D eigenvalue weighted by atomic mass is 16.5. The molecule has 0 N–H and O–H groups in total. The molecule has 0 atom stereocenters. The Labute approximate surface area is 119 Å². The van der Waals surface area contributed by atoms with E-state index in [1.54, 1.807) is 7.11 Å². The highest BCUT2D eigenvalue weighted by molar-refractivity contribution is 5.81. The molecule has 1 amide bonds. The molecule has 0 aromatic carbocycles. The fraction of sp³-hybridized carbons (Fsp3) is 0.933. The molecule has 0 aromatic rings. The Balaban J connectivity index is 4.57. The zero-order valence-electron chi connectivity index (χ0n) is 14.0. The van der Waals surface area contributed by atoms with Gasteiger partial charge in [-0.15, -0.1) is 0 Å². The summed E-state index contributed by atoms with van der Waals surface area (Å²) in [4.78, 5) is 16.6. The van der Waals surface area contributed by atoms with Crippen molar-refractivity contribution in [2.45, 2.75) is 47.1 Å². The molecule has 4 heteroatoms. The van der Waals surface area contributed by atoms with Gasteiger partial charge in [-0.1, -0.05) is 20.8 Å². The minimum atomic E-state index is -0.339. The molecule has 0 fully saturated rings. The van der Waals surface area contributed by atoms with Crippen molar-refractivity contribution in [3.8, 4) is 0 Å². The zero-order chi connectivity index (χ0) is 15.3. The summed E-state index contributed by atoms with van der Waals surface area (Å²) < 4.78 is 5.10. The third-order valence-corrected chi connectivity index (χ3v) is 3.34. The summed E-state index contributed by atoms with van der Waals surface area (Å²) in [6.07, 6.45) is 0. The number of carbonyl (C=O) groups excluding carboxylic acids is 1. The summed E-state index contributed by atoms with van der Waals surface area (Å²) in [5.41, 5.74) is -0.217. The number of likely N-dealkylation sites (N-methyl/N-ethyl adjacent to an activating group) is 1. The molecule has 114 valence electrons. The third-order valence-electron chi connectivity index (χ3n) is 3.34. The molecular formula is C15H32N2O2. The van der Waals surface area contributed by atoms with Crippen LogP contribution in [0.2, 0.25) is 0 Å². The predicted octanol–water partition coefficient (Wildman–Crippen LogP) is 2.24. The zero-order valence-corrected chi connectivity index (χ0v) is 14.0. The minimum absolute atomic E-state index is 0.123. The Morgan fingerprint density at radius 2 is 1.53 bits per heavy atom. The molecule has 0 radical (unpaired) electrons. The molecule has 0 aliphatic carbocycles. The lowest BCUT2D eigenvalue weighted by atomic mass is 9.94. The fourth-order valence-electron chi connectivity index (χ4n) is 1.60. The van der Waals surface area contributed by atoms with E-state index in [0.29, 0.717) is 13.2 Å². The van der Waals surface area contributed by atoms with Gasteiger partial charge in [0.1, 0.15) is 0 Å². The summed E-state index contributed by atoms with van der Waals surface area (Å²) in [5, 5.41) is 0. The van der Waals surface area contributed by atoms with Gasteiger partial charge < -0.3 is 9.64 Å². The van der Waals surface area contributed by atoms with Gasteiger partial charge in [-0.3, -0.25) is 9.69 Å². The number of nitrogens with zero attached hydrogens (tertiary/aromatic N) is 2. The Morgan fingerprint density at radius 1 is 1.00 bits per heavy atom. The van der Waals surface area contributed by atoms with Crippen LogP contribution in [0.5, 0.6) is 0 Å². The van der Waals surface area contributed by atoms with Gasteiger partial charge >= 0.3 is 0 Å². The number of rotatable bonds is 6. The quantitative estimate of drug-likeness (QED) is 0.743.